The van der Waals surface area contributed by atoms with E-state index in [-0.39, 0.29) is 18.1 Å². The molecule has 0 amide bonds. The van der Waals surface area contributed by atoms with Gasteiger partial charge in [-0.15, -0.1) is 11.3 Å². The zero-order valence-electron chi connectivity index (χ0n) is 11.0. The van der Waals surface area contributed by atoms with Crippen molar-refractivity contribution in [3.05, 3.63) is 26.6 Å². The molecule has 19 heavy (non-hydrogen) atoms. The van der Waals surface area contributed by atoms with Crippen LogP contribution in [0.3, 0.4) is 0 Å². The molecule has 2 aromatic rings. The summed E-state index contributed by atoms with van der Waals surface area (Å²) in [5, 5.41) is 3.52. The molecule has 2 N–H and O–H groups in total. The molecule has 0 spiro atoms. The molecule has 2 aromatic heterocycles. The second kappa shape index (κ2) is 5.50. The summed E-state index contributed by atoms with van der Waals surface area (Å²) in [5.41, 5.74) is 0.838. The number of methoxy groups -OCH3 is 1. The third-order valence-corrected chi connectivity index (χ3v) is 3.98. The SMILES string of the molecule is COC(=O)CNCc1nc2sc(C)c(C)c2c(=O)[nH]1. The Morgan fingerprint density at radius 1 is 1.47 bits per heavy atom. The molecule has 0 aromatic carbocycles. The lowest BCUT2D eigenvalue weighted by Crippen LogP contribution is -2.25. The molecule has 102 valence electrons. The summed E-state index contributed by atoms with van der Waals surface area (Å²) >= 11 is 1.50. The number of rotatable bonds is 4. The van der Waals surface area contributed by atoms with E-state index < -0.39 is 0 Å². The fourth-order valence-electron chi connectivity index (χ4n) is 1.74. The van der Waals surface area contributed by atoms with E-state index in [0.29, 0.717) is 17.8 Å². The monoisotopic (exact) mass is 281 g/mol. The minimum atomic E-state index is -0.355. The number of nitrogens with zero attached hydrogens (tertiary/aromatic N) is 1. The molecular weight excluding hydrogens is 266 g/mol. The maximum atomic E-state index is 12.0. The number of carbonyl (C=O) groups excluding carboxylic acids is 1. The largest absolute Gasteiger partial charge is 0.468 e. The molecule has 0 saturated carbocycles. The maximum Gasteiger partial charge on any atom is 0.319 e. The van der Waals surface area contributed by atoms with Crippen LogP contribution in [0.2, 0.25) is 0 Å². The number of aromatic nitrogens is 2. The minimum absolute atomic E-state index is 0.0841. The molecule has 2 rings (SSSR count). The van der Waals surface area contributed by atoms with E-state index in [4.69, 9.17) is 0 Å². The fourth-order valence-corrected chi connectivity index (χ4v) is 2.79. The molecule has 0 aliphatic heterocycles. The highest BCUT2D eigenvalue weighted by molar-refractivity contribution is 7.18. The van der Waals surface area contributed by atoms with Crippen molar-refractivity contribution in [2.75, 3.05) is 13.7 Å². The van der Waals surface area contributed by atoms with E-state index in [1.54, 1.807) is 0 Å². The molecule has 0 aliphatic rings. The number of hydrogen-bond donors (Lipinski definition) is 2. The van der Waals surface area contributed by atoms with Gasteiger partial charge in [0.25, 0.3) is 5.56 Å². The van der Waals surface area contributed by atoms with Crippen LogP contribution in [-0.2, 0) is 16.1 Å². The Labute approximate surface area is 113 Å². The fraction of sp³-hybridized carbons (Fsp3) is 0.417. The summed E-state index contributed by atoms with van der Waals surface area (Å²) in [6, 6.07) is 0. The molecule has 0 bridgehead atoms. The van der Waals surface area contributed by atoms with Crippen LogP contribution in [0.4, 0.5) is 0 Å². The molecule has 0 aliphatic carbocycles. The molecule has 7 heteroatoms. The van der Waals surface area contributed by atoms with E-state index >= 15 is 0 Å². The number of thiophene rings is 1. The normalized spacial score (nSPS) is 10.9. The van der Waals surface area contributed by atoms with E-state index in [0.717, 1.165) is 15.3 Å². The Bertz CT molecular complexity index is 675. The Hall–Kier alpha value is -1.73. The highest BCUT2D eigenvalue weighted by Crippen LogP contribution is 2.25. The topological polar surface area (TPSA) is 84.1 Å². The van der Waals surface area contributed by atoms with Gasteiger partial charge in [-0.3, -0.25) is 14.9 Å². The van der Waals surface area contributed by atoms with Gasteiger partial charge in [0, 0.05) is 4.88 Å². The lowest BCUT2D eigenvalue weighted by atomic mass is 10.2. The third-order valence-electron chi connectivity index (χ3n) is 2.88. The first-order chi connectivity index (χ1) is 9.02. The molecule has 0 saturated heterocycles. The number of fused-ring (bicyclic) bond motifs is 1. The van der Waals surface area contributed by atoms with Crippen molar-refractivity contribution in [3.8, 4) is 0 Å². The van der Waals surface area contributed by atoms with Crippen molar-refractivity contribution >= 4 is 27.5 Å². The summed E-state index contributed by atoms with van der Waals surface area (Å²) < 4.78 is 4.51. The smallest absolute Gasteiger partial charge is 0.319 e. The number of esters is 1. The molecular formula is C12H15N3O3S. The lowest BCUT2D eigenvalue weighted by molar-refractivity contribution is -0.139. The average molecular weight is 281 g/mol. The molecule has 0 unspecified atom stereocenters. The Morgan fingerprint density at radius 2 is 2.21 bits per heavy atom. The molecule has 0 fully saturated rings. The predicted molar refractivity (Wildman–Crippen MR) is 73.4 cm³/mol. The number of ether oxygens (including phenoxy) is 1. The number of carbonyl (C=O) groups is 1. The van der Waals surface area contributed by atoms with Crippen molar-refractivity contribution in [1.82, 2.24) is 15.3 Å². The first-order valence-electron chi connectivity index (χ1n) is 5.79. The molecule has 0 radical (unpaired) electrons. The number of aromatic amines is 1. The van der Waals surface area contributed by atoms with Gasteiger partial charge in [0.2, 0.25) is 0 Å². The van der Waals surface area contributed by atoms with Gasteiger partial charge >= 0.3 is 5.97 Å². The first kappa shape index (κ1) is 13.7. The third kappa shape index (κ3) is 2.82. The van der Waals surface area contributed by atoms with Gasteiger partial charge in [-0.1, -0.05) is 0 Å². The van der Waals surface area contributed by atoms with E-state index in [1.165, 1.54) is 18.4 Å². The second-order valence-electron chi connectivity index (χ2n) is 4.16. The Kier molecular flexibility index (Phi) is 3.96. The van der Waals surface area contributed by atoms with Crippen LogP contribution < -0.4 is 10.9 Å². The van der Waals surface area contributed by atoms with Gasteiger partial charge in [-0.05, 0) is 19.4 Å². The second-order valence-corrected chi connectivity index (χ2v) is 5.36. The van der Waals surface area contributed by atoms with Crippen LogP contribution >= 0.6 is 11.3 Å². The van der Waals surface area contributed by atoms with Crippen LogP contribution in [0, 0.1) is 13.8 Å². The zero-order valence-corrected chi connectivity index (χ0v) is 11.8. The quantitative estimate of drug-likeness (QED) is 0.812. The van der Waals surface area contributed by atoms with Crippen LogP contribution in [0.5, 0.6) is 0 Å². The number of nitrogens with one attached hydrogen (secondary N) is 2. The first-order valence-corrected chi connectivity index (χ1v) is 6.61. The van der Waals surface area contributed by atoms with Gasteiger partial charge in [-0.25, -0.2) is 4.98 Å². The minimum Gasteiger partial charge on any atom is -0.468 e. The van der Waals surface area contributed by atoms with Crippen molar-refractivity contribution in [1.29, 1.82) is 0 Å². The molecule has 0 atom stereocenters. The Morgan fingerprint density at radius 3 is 2.89 bits per heavy atom. The predicted octanol–water partition coefficient (Wildman–Crippen LogP) is 0.864. The summed E-state index contributed by atoms with van der Waals surface area (Å²) in [6.45, 7) is 4.29. The van der Waals surface area contributed by atoms with Gasteiger partial charge in [0.05, 0.1) is 25.6 Å². The zero-order chi connectivity index (χ0) is 14.0. The van der Waals surface area contributed by atoms with Crippen LogP contribution in [0.15, 0.2) is 4.79 Å². The average Bonchev–Trinajstić information content (AvgIpc) is 2.65. The summed E-state index contributed by atoms with van der Waals surface area (Å²) in [7, 11) is 1.33. The number of H-pyrrole nitrogens is 1. The standard InChI is InChI=1S/C12H15N3O3S/c1-6-7(2)19-12-10(6)11(17)14-8(15-12)4-13-5-9(16)18-3/h13H,4-5H2,1-3H3,(H,14,15,17). The van der Waals surface area contributed by atoms with Gasteiger partial charge in [0.15, 0.2) is 0 Å². The van der Waals surface area contributed by atoms with Crippen molar-refractivity contribution in [3.63, 3.8) is 0 Å². The van der Waals surface area contributed by atoms with Crippen LogP contribution in [0.25, 0.3) is 10.2 Å². The summed E-state index contributed by atoms with van der Waals surface area (Å²) in [6.07, 6.45) is 0. The highest BCUT2D eigenvalue weighted by atomic mass is 32.1. The van der Waals surface area contributed by atoms with Crippen molar-refractivity contribution in [2.24, 2.45) is 0 Å². The van der Waals surface area contributed by atoms with Crippen molar-refractivity contribution < 1.29 is 9.53 Å². The highest BCUT2D eigenvalue weighted by Gasteiger charge is 2.11. The lowest BCUT2D eigenvalue weighted by Gasteiger charge is -2.03. The summed E-state index contributed by atoms with van der Waals surface area (Å²) in [5.74, 6) is 0.161. The number of aryl methyl sites for hydroxylation is 2. The van der Waals surface area contributed by atoms with E-state index in [9.17, 15) is 9.59 Å². The molecule has 2 heterocycles. The maximum absolute atomic E-state index is 12.0. The van der Waals surface area contributed by atoms with Gasteiger partial charge in [-0.2, -0.15) is 0 Å². The van der Waals surface area contributed by atoms with Crippen LogP contribution in [-0.4, -0.2) is 29.6 Å². The van der Waals surface area contributed by atoms with Gasteiger partial charge in [0.1, 0.15) is 10.7 Å². The van der Waals surface area contributed by atoms with E-state index in [1.807, 2.05) is 13.8 Å². The van der Waals surface area contributed by atoms with Crippen molar-refractivity contribution in [2.45, 2.75) is 20.4 Å². The van der Waals surface area contributed by atoms with Crippen LogP contribution in [0.1, 0.15) is 16.3 Å². The Balaban J connectivity index is 2.22. The molecule has 6 nitrogen and oxygen atoms in total. The number of hydrogen-bond acceptors (Lipinski definition) is 6. The van der Waals surface area contributed by atoms with Gasteiger partial charge < -0.3 is 9.72 Å². The summed E-state index contributed by atoms with van der Waals surface area (Å²) in [4.78, 5) is 31.9. The van der Waals surface area contributed by atoms with E-state index in [2.05, 4.69) is 20.0 Å².